The van der Waals surface area contributed by atoms with E-state index >= 15 is 0 Å². The lowest BCUT2D eigenvalue weighted by Crippen LogP contribution is -2.19. The van der Waals surface area contributed by atoms with Gasteiger partial charge in [0.2, 0.25) is 0 Å². The predicted octanol–water partition coefficient (Wildman–Crippen LogP) is 4.96. The predicted molar refractivity (Wildman–Crippen MR) is 120 cm³/mol. The third-order valence-corrected chi connectivity index (χ3v) is 4.44. The van der Waals surface area contributed by atoms with Crippen LogP contribution in [0.2, 0.25) is 0 Å². The van der Waals surface area contributed by atoms with Crippen molar-refractivity contribution < 1.29 is 9.47 Å². The number of methoxy groups -OCH3 is 2. The summed E-state index contributed by atoms with van der Waals surface area (Å²) in [5.74, 6) is 2.21. The van der Waals surface area contributed by atoms with E-state index < -0.39 is 0 Å². The number of para-hydroxylation sites is 4. The average molecular weight is 389 g/mol. The van der Waals surface area contributed by atoms with Gasteiger partial charge in [0.15, 0.2) is 0 Å². The Hall–Kier alpha value is -3.31. The fourth-order valence-corrected chi connectivity index (χ4v) is 3.10. The number of hydrogen-bond acceptors (Lipinski definition) is 4. The number of anilines is 1. The molecule has 0 atom stereocenters. The Bertz CT molecular complexity index is 983. The Kier molecular flexibility index (Phi) is 6.87. The van der Waals surface area contributed by atoms with Crippen molar-refractivity contribution in [1.29, 1.82) is 0 Å². The van der Waals surface area contributed by atoms with E-state index in [1.807, 2.05) is 60.7 Å². The van der Waals surface area contributed by atoms with Gasteiger partial charge in [-0.25, -0.2) is 4.99 Å². The molecule has 5 nitrogen and oxygen atoms in total. The summed E-state index contributed by atoms with van der Waals surface area (Å²) >= 11 is 0. The fourth-order valence-electron chi connectivity index (χ4n) is 3.10. The smallest absolute Gasteiger partial charge is 0.144 e. The second-order valence-electron chi connectivity index (χ2n) is 6.85. The van der Waals surface area contributed by atoms with E-state index in [9.17, 15) is 0 Å². The van der Waals surface area contributed by atoms with Crippen LogP contribution in [-0.2, 0) is 6.54 Å². The van der Waals surface area contributed by atoms with E-state index in [-0.39, 0.29) is 0 Å². The first-order valence-corrected chi connectivity index (χ1v) is 9.47. The van der Waals surface area contributed by atoms with Crippen LogP contribution < -0.4 is 14.8 Å². The second-order valence-corrected chi connectivity index (χ2v) is 6.85. The second kappa shape index (κ2) is 9.75. The summed E-state index contributed by atoms with van der Waals surface area (Å²) in [5.41, 5.74) is 3.81. The zero-order valence-electron chi connectivity index (χ0n) is 17.3. The number of rotatable bonds is 7. The Morgan fingerprint density at radius 1 is 0.828 bits per heavy atom. The highest BCUT2D eigenvalue weighted by Gasteiger charge is 2.14. The molecule has 29 heavy (non-hydrogen) atoms. The molecule has 0 aliphatic heterocycles. The Morgan fingerprint density at radius 2 is 1.45 bits per heavy atom. The van der Waals surface area contributed by atoms with Gasteiger partial charge in [-0.2, -0.15) is 0 Å². The molecule has 0 bridgehead atoms. The maximum absolute atomic E-state index is 5.52. The molecule has 0 amide bonds. The minimum Gasteiger partial charge on any atom is -0.495 e. The van der Waals surface area contributed by atoms with Crippen molar-refractivity contribution in [2.75, 3.05) is 33.6 Å². The molecule has 3 aromatic carbocycles. The van der Waals surface area contributed by atoms with Crippen LogP contribution >= 0.6 is 0 Å². The number of amidine groups is 1. The van der Waals surface area contributed by atoms with Crippen LogP contribution in [0.1, 0.15) is 11.1 Å². The zero-order valence-corrected chi connectivity index (χ0v) is 17.3. The Labute approximate surface area is 172 Å². The molecule has 0 aromatic heterocycles. The summed E-state index contributed by atoms with van der Waals surface area (Å²) < 4.78 is 11.0. The first kappa shape index (κ1) is 20.4. The van der Waals surface area contributed by atoms with Crippen molar-refractivity contribution >= 4 is 17.2 Å². The molecule has 0 spiro atoms. The Balaban J connectivity index is 2.13. The molecule has 0 radical (unpaired) electrons. The van der Waals surface area contributed by atoms with Crippen molar-refractivity contribution in [1.82, 2.24) is 4.90 Å². The van der Waals surface area contributed by atoms with Crippen LogP contribution in [0.5, 0.6) is 11.5 Å². The molecular weight excluding hydrogens is 362 g/mol. The monoisotopic (exact) mass is 389 g/mol. The summed E-state index contributed by atoms with van der Waals surface area (Å²) in [6.45, 7) is 0.800. The van der Waals surface area contributed by atoms with Crippen LogP contribution in [0.15, 0.2) is 77.8 Å². The first-order valence-electron chi connectivity index (χ1n) is 9.47. The van der Waals surface area contributed by atoms with Crippen molar-refractivity contribution in [3.05, 3.63) is 83.9 Å². The summed E-state index contributed by atoms with van der Waals surface area (Å²) in [7, 11) is 7.43. The quantitative estimate of drug-likeness (QED) is 0.458. The van der Waals surface area contributed by atoms with Gasteiger partial charge < -0.3 is 19.7 Å². The van der Waals surface area contributed by atoms with E-state index in [0.29, 0.717) is 0 Å². The van der Waals surface area contributed by atoms with E-state index in [1.165, 1.54) is 5.56 Å². The van der Waals surface area contributed by atoms with Gasteiger partial charge >= 0.3 is 0 Å². The number of nitrogens with one attached hydrogen (secondary N) is 1. The zero-order chi connectivity index (χ0) is 20.6. The SMILES string of the molecule is COc1ccccc1N=C(Nc1ccccc1OC)c1ccccc1CN(C)C. The maximum atomic E-state index is 5.52. The van der Waals surface area contributed by atoms with Crippen molar-refractivity contribution in [2.24, 2.45) is 4.99 Å². The molecule has 5 heteroatoms. The van der Waals surface area contributed by atoms with E-state index in [2.05, 4.69) is 36.4 Å². The number of aliphatic imine (C=N–C) groups is 1. The third-order valence-electron chi connectivity index (χ3n) is 4.44. The van der Waals surface area contributed by atoms with Crippen molar-refractivity contribution in [3.8, 4) is 11.5 Å². The number of nitrogens with zero attached hydrogens (tertiary/aromatic N) is 2. The highest BCUT2D eigenvalue weighted by atomic mass is 16.5. The van der Waals surface area contributed by atoms with Crippen molar-refractivity contribution in [2.45, 2.75) is 6.54 Å². The van der Waals surface area contributed by atoms with Crippen LogP contribution in [0, 0.1) is 0 Å². The number of ether oxygens (including phenoxy) is 2. The molecule has 1 N–H and O–H groups in total. The number of benzene rings is 3. The van der Waals surface area contributed by atoms with Gasteiger partial charge in [0.05, 0.1) is 19.9 Å². The molecule has 3 rings (SSSR count). The summed E-state index contributed by atoms with van der Waals surface area (Å²) in [5, 5.41) is 3.48. The highest BCUT2D eigenvalue weighted by molar-refractivity contribution is 6.11. The molecule has 0 heterocycles. The third kappa shape index (κ3) is 5.15. The van der Waals surface area contributed by atoms with Gasteiger partial charge in [-0.05, 0) is 43.9 Å². The normalized spacial score (nSPS) is 11.4. The minimum absolute atomic E-state index is 0.719. The molecule has 0 fully saturated rings. The van der Waals surface area contributed by atoms with E-state index in [4.69, 9.17) is 14.5 Å². The lowest BCUT2D eigenvalue weighted by atomic mass is 10.1. The molecule has 0 saturated carbocycles. The molecule has 0 saturated heterocycles. The largest absolute Gasteiger partial charge is 0.495 e. The van der Waals surface area contributed by atoms with Gasteiger partial charge in [-0.15, -0.1) is 0 Å². The molecule has 3 aromatic rings. The topological polar surface area (TPSA) is 46.1 Å². The van der Waals surface area contributed by atoms with E-state index in [1.54, 1.807) is 14.2 Å². The summed E-state index contributed by atoms with van der Waals surface area (Å²) in [6.07, 6.45) is 0. The lowest BCUT2D eigenvalue weighted by molar-refractivity contribution is 0.402. The van der Waals surface area contributed by atoms with Gasteiger partial charge in [0.25, 0.3) is 0 Å². The number of hydrogen-bond donors (Lipinski definition) is 1. The van der Waals surface area contributed by atoms with E-state index in [0.717, 1.165) is 40.8 Å². The summed E-state index contributed by atoms with van der Waals surface area (Å²) in [4.78, 5) is 7.09. The lowest BCUT2D eigenvalue weighted by Gasteiger charge is -2.18. The van der Waals surface area contributed by atoms with Crippen LogP contribution in [0.4, 0.5) is 11.4 Å². The average Bonchev–Trinajstić information content (AvgIpc) is 2.74. The first-order chi connectivity index (χ1) is 14.1. The van der Waals surface area contributed by atoms with Gasteiger partial charge in [0.1, 0.15) is 23.0 Å². The fraction of sp³-hybridized carbons (Fsp3) is 0.208. The molecule has 0 aliphatic carbocycles. The Morgan fingerprint density at radius 3 is 2.17 bits per heavy atom. The van der Waals surface area contributed by atoms with Gasteiger partial charge in [-0.1, -0.05) is 48.5 Å². The molecule has 0 aliphatic rings. The maximum Gasteiger partial charge on any atom is 0.144 e. The van der Waals surface area contributed by atoms with Crippen LogP contribution in [-0.4, -0.2) is 39.1 Å². The van der Waals surface area contributed by atoms with Crippen molar-refractivity contribution in [3.63, 3.8) is 0 Å². The summed E-state index contributed by atoms with van der Waals surface area (Å²) in [6, 6.07) is 23.8. The molecule has 0 unspecified atom stereocenters. The van der Waals surface area contributed by atoms with Crippen LogP contribution in [0.25, 0.3) is 0 Å². The van der Waals surface area contributed by atoms with Gasteiger partial charge in [0, 0.05) is 12.1 Å². The molecule has 150 valence electrons. The highest BCUT2D eigenvalue weighted by Crippen LogP contribution is 2.30. The van der Waals surface area contributed by atoms with Gasteiger partial charge in [-0.3, -0.25) is 0 Å². The minimum atomic E-state index is 0.719. The standard InChI is InChI=1S/C24H27N3O2/c1-27(2)17-18-11-5-6-12-19(18)24(25-20-13-7-9-15-22(20)28-3)26-21-14-8-10-16-23(21)29-4/h5-16H,17H2,1-4H3,(H,25,26). The van der Waals surface area contributed by atoms with Crippen LogP contribution in [0.3, 0.4) is 0 Å². The molecular formula is C24H27N3O2.